The van der Waals surface area contributed by atoms with E-state index in [0.717, 1.165) is 37.2 Å². The molecule has 19 heavy (non-hydrogen) atoms. The topological polar surface area (TPSA) is 40.5 Å². The molecule has 0 bridgehead atoms. The summed E-state index contributed by atoms with van der Waals surface area (Å²) in [6.07, 6.45) is 1.37. The van der Waals surface area contributed by atoms with Crippen molar-refractivity contribution in [1.82, 2.24) is 4.90 Å². The Morgan fingerprint density at radius 2 is 2.32 bits per heavy atom. The third-order valence-electron chi connectivity index (χ3n) is 3.99. The molecular formula is C16H23NO2. The minimum Gasteiger partial charge on any atom is -0.393 e. The molecule has 2 rings (SSSR count). The van der Waals surface area contributed by atoms with Crippen LogP contribution in [0.25, 0.3) is 0 Å². The van der Waals surface area contributed by atoms with E-state index in [2.05, 4.69) is 4.90 Å². The number of rotatable bonds is 5. The number of benzene rings is 1. The van der Waals surface area contributed by atoms with E-state index in [-0.39, 0.29) is 11.9 Å². The van der Waals surface area contributed by atoms with E-state index < -0.39 is 0 Å². The van der Waals surface area contributed by atoms with Crippen molar-refractivity contribution in [2.45, 2.75) is 32.8 Å². The molecule has 1 saturated heterocycles. The molecular weight excluding hydrogens is 238 g/mol. The minimum atomic E-state index is -0.238. The van der Waals surface area contributed by atoms with E-state index in [1.807, 2.05) is 38.1 Å². The lowest BCUT2D eigenvalue weighted by molar-refractivity contribution is 0.0963. The Bertz CT molecular complexity index is 442. The maximum atomic E-state index is 12.1. The molecule has 2 atom stereocenters. The normalized spacial score (nSPS) is 21.5. The molecule has 1 fully saturated rings. The van der Waals surface area contributed by atoms with Gasteiger partial charge in [-0.15, -0.1) is 0 Å². The highest BCUT2D eigenvalue weighted by atomic mass is 16.3. The van der Waals surface area contributed by atoms with Crippen LogP contribution in [0.2, 0.25) is 0 Å². The van der Waals surface area contributed by atoms with Crippen molar-refractivity contribution in [2.75, 3.05) is 19.6 Å². The highest BCUT2D eigenvalue weighted by Crippen LogP contribution is 2.20. The molecule has 0 radical (unpaired) electrons. The Labute approximate surface area is 115 Å². The molecule has 0 aromatic heterocycles. The van der Waals surface area contributed by atoms with Gasteiger partial charge in [0, 0.05) is 25.1 Å². The number of ketones is 1. The smallest absolute Gasteiger partial charge is 0.164 e. The number of aliphatic hydroxyl groups excluding tert-OH is 1. The van der Waals surface area contributed by atoms with Crippen molar-refractivity contribution in [3.8, 4) is 0 Å². The molecule has 1 N–H and O–H groups in total. The summed E-state index contributed by atoms with van der Waals surface area (Å²) < 4.78 is 0. The van der Waals surface area contributed by atoms with Gasteiger partial charge in [0.1, 0.15) is 0 Å². The summed E-state index contributed by atoms with van der Waals surface area (Å²) in [6.45, 7) is 6.57. The van der Waals surface area contributed by atoms with E-state index in [9.17, 15) is 9.90 Å². The highest BCUT2D eigenvalue weighted by Gasteiger charge is 2.25. The first-order chi connectivity index (χ1) is 9.06. The van der Waals surface area contributed by atoms with Crippen molar-refractivity contribution >= 4 is 5.78 Å². The van der Waals surface area contributed by atoms with Gasteiger partial charge in [-0.3, -0.25) is 4.79 Å². The van der Waals surface area contributed by atoms with Gasteiger partial charge in [0.05, 0.1) is 6.10 Å². The summed E-state index contributed by atoms with van der Waals surface area (Å²) in [5.74, 6) is 0.582. The average Bonchev–Trinajstić information content (AvgIpc) is 2.85. The molecule has 1 aromatic carbocycles. The van der Waals surface area contributed by atoms with Gasteiger partial charge in [-0.05, 0) is 38.8 Å². The Balaban J connectivity index is 1.82. The first-order valence-electron chi connectivity index (χ1n) is 7.06. The number of likely N-dealkylation sites (tertiary alicyclic amines) is 1. The third-order valence-corrected chi connectivity index (χ3v) is 3.99. The number of carbonyl (C=O) groups is 1. The minimum absolute atomic E-state index is 0.212. The number of aliphatic hydroxyl groups is 1. The molecule has 0 aliphatic carbocycles. The Morgan fingerprint density at radius 3 is 2.95 bits per heavy atom. The Kier molecular flexibility index (Phi) is 4.72. The highest BCUT2D eigenvalue weighted by molar-refractivity contribution is 5.96. The van der Waals surface area contributed by atoms with Crippen LogP contribution in [-0.4, -0.2) is 41.5 Å². The lowest BCUT2D eigenvalue weighted by atomic mass is 10.0. The Hall–Kier alpha value is -1.19. The summed E-state index contributed by atoms with van der Waals surface area (Å²) in [5, 5.41) is 9.56. The van der Waals surface area contributed by atoms with Crippen LogP contribution < -0.4 is 0 Å². The monoisotopic (exact) mass is 261 g/mol. The summed E-state index contributed by atoms with van der Waals surface area (Å²) in [4.78, 5) is 14.4. The SMILES string of the molecule is Cc1cccc(C(=O)CCN2CCC(C(C)O)C2)c1. The maximum absolute atomic E-state index is 12.1. The lowest BCUT2D eigenvalue weighted by Gasteiger charge is -2.16. The van der Waals surface area contributed by atoms with Crippen LogP contribution in [0.3, 0.4) is 0 Å². The lowest BCUT2D eigenvalue weighted by Crippen LogP contribution is -2.26. The van der Waals surface area contributed by atoms with Gasteiger partial charge >= 0.3 is 0 Å². The second-order valence-corrected chi connectivity index (χ2v) is 5.63. The molecule has 2 unspecified atom stereocenters. The van der Waals surface area contributed by atoms with Gasteiger partial charge in [0.2, 0.25) is 0 Å². The Morgan fingerprint density at radius 1 is 1.53 bits per heavy atom. The van der Waals surface area contributed by atoms with Gasteiger partial charge in [-0.2, -0.15) is 0 Å². The second kappa shape index (κ2) is 6.31. The molecule has 1 heterocycles. The number of nitrogens with zero attached hydrogens (tertiary/aromatic N) is 1. The van der Waals surface area contributed by atoms with Gasteiger partial charge in [-0.25, -0.2) is 0 Å². The fourth-order valence-corrected chi connectivity index (χ4v) is 2.68. The zero-order chi connectivity index (χ0) is 13.8. The predicted molar refractivity (Wildman–Crippen MR) is 76.4 cm³/mol. The summed E-state index contributed by atoms with van der Waals surface area (Å²) in [5.41, 5.74) is 1.94. The molecule has 0 saturated carbocycles. The van der Waals surface area contributed by atoms with Crippen LogP contribution in [0.5, 0.6) is 0 Å². The zero-order valence-corrected chi connectivity index (χ0v) is 11.8. The number of carbonyl (C=O) groups excluding carboxylic acids is 1. The van der Waals surface area contributed by atoms with Gasteiger partial charge in [0.15, 0.2) is 5.78 Å². The molecule has 104 valence electrons. The number of hydrogen-bond donors (Lipinski definition) is 1. The molecule has 0 amide bonds. The van der Waals surface area contributed by atoms with Crippen LogP contribution in [0.15, 0.2) is 24.3 Å². The largest absolute Gasteiger partial charge is 0.393 e. The van der Waals surface area contributed by atoms with Gasteiger partial charge in [-0.1, -0.05) is 23.8 Å². The fraction of sp³-hybridized carbons (Fsp3) is 0.562. The van der Waals surface area contributed by atoms with Crippen LogP contribution in [0.1, 0.15) is 35.7 Å². The maximum Gasteiger partial charge on any atom is 0.164 e. The molecule has 3 nitrogen and oxygen atoms in total. The van der Waals surface area contributed by atoms with Gasteiger partial charge < -0.3 is 10.0 Å². The number of hydrogen-bond acceptors (Lipinski definition) is 3. The van der Waals surface area contributed by atoms with Crippen LogP contribution in [0.4, 0.5) is 0 Å². The molecule has 1 aliphatic rings. The molecule has 0 spiro atoms. The van der Waals surface area contributed by atoms with E-state index in [1.54, 1.807) is 0 Å². The molecule has 1 aliphatic heterocycles. The van der Waals surface area contributed by atoms with E-state index in [0.29, 0.717) is 12.3 Å². The van der Waals surface area contributed by atoms with Crippen molar-refractivity contribution in [3.63, 3.8) is 0 Å². The first kappa shape index (κ1) is 14.2. The fourth-order valence-electron chi connectivity index (χ4n) is 2.68. The predicted octanol–water partition coefficient (Wildman–Crippen LogP) is 2.27. The summed E-state index contributed by atoms with van der Waals surface area (Å²) in [7, 11) is 0. The van der Waals surface area contributed by atoms with Crippen LogP contribution in [-0.2, 0) is 0 Å². The van der Waals surface area contributed by atoms with E-state index in [4.69, 9.17) is 0 Å². The third kappa shape index (κ3) is 3.88. The second-order valence-electron chi connectivity index (χ2n) is 5.63. The van der Waals surface area contributed by atoms with Crippen LogP contribution in [0, 0.1) is 12.8 Å². The molecule has 1 aromatic rings. The van der Waals surface area contributed by atoms with Crippen molar-refractivity contribution < 1.29 is 9.90 Å². The standard InChI is InChI=1S/C16H23NO2/c1-12-4-3-5-14(10-12)16(19)7-9-17-8-6-15(11-17)13(2)18/h3-5,10,13,15,18H,6-9,11H2,1-2H3. The van der Waals surface area contributed by atoms with Crippen molar-refractivity contribution in [3.05, 3.63) is 35.4 Å². The zero-order valence-electron chi connectivity index (χ0n) is 11.8. The summed E-state index contributed by atoms with van der Waals surface area (Å²) >= 11 is 0. The number of Topliss-reactive ketones (excluding diaryl/α,β-unsaturated/α-hetero) is 1. The van der Waals surface area contributed by atoms with Crippen molar-refractivity contribution in [2.24, 2.45) is 5.92 Å². The average molecular weight is 261 g/mol. The van der Waals surface area contributed by atoms with E-state index >= 15 is 0 Å². The number of aryl methyl sites for hydroxylation is 1. The first-order valence-corrected chi connectivity index (χ1v) is 7.06. The summed E-state index contributed by atoms with van der Waals surface area (Å²) in [6, 6.07) is 7.77. The van der Waals surface area contributed by atoms with Gasteiger partial charge in [0.25, 0.3) is 0 Å². The van der Waals surface area contributed by atoms with Crippen molar-refractivity contribution in [1.29, 1.82) is 0 Å². The van der Waals surface area contributed by atoms with Crippen LogP contribution >= 0.6 is 0 Å². The quantitative estimate of drug-likeness (QED) is 0.827. The molecule has 3 heteroatoms. The van der Waals surface area contributed by atoms with E-state index in [1.165, 1.54) is 0 Å².